The van der Waals surface area contributed by atoms with Gasteiger partial charge in [0, 0.05) is 22.2 Å². The van der Waals surface area contributed by atoms with E-state index in [1.165, 1.54) is 0 Å². The Kier molecular flexibility index (Phi) is 3.29. The monoisotopic (exact) mass is 267 g/mol. The van der Waals surface area contributed by atoms with Crippen molar-refractivity contribution in [3.05, 3.63) is 70.9 Å². The zero-order chi connectivity index (χ0) is 13.1. The molecule has 3 heteroatoms. The molecule has 0 bridgehead atoms. The number of aromatic nitrogens is 1. The fourth-order valence-electron chi connectivity index (χ4n) is 1.99. The molecule has 0 aliphatic carbocycles. The molecule has 0 radical (unpaired) electrons. The van der Waals surface area contributed by atoms with Gasteiger partial charge in [0.2, 0.25) is 0 Å². The number of hydrogen-bond donors (Lipinski definition) is 1. The first kappa shape index (κ1) is 11.9. The second-order valence-corrected chi connectivity index (χ2v) is 4.76. The second-order valence-electron chi connectivity index (χ2n) is 4.32. The number of H-pyrrole nitrogens is 1. The molecule has 0 aliphatic heterocycles. The van der Waals surface area contributed by atoms with E-state index < -0.39 is 0 Å². The topological polar surface area (TPSA) is 25.0 Å². The van der Waals surface area contributed by atoms with E-state index in [4.69, 9.17) is 17.0 Å². The van der Waals surface area contributed by atoms with Gasteiger partial charge in [0.15, 0.2) is 0 Å². The van der Waals surface area contributed by atoms with E-state index in [-0.39, 0.29) is 0 Å². The van der Waals surface area contributed by atoms with Gasteiger partial charge in [0.05, 0.1) is 5.52 Å². The SMILES string of the molecule is S=c1cc[nH]c2cc(OCc3ccccc3)ccc12. The largest absolute Gasteiger partial charge is 0.489 e. The van der Waals surface area contributed by atoms with Gasteiger partial charge >= 0.3 is 0 Å². The summed E-state index contributed by atoms with van der Waals surface area (Å²) in [5.74, 6) is 0.841. The number of hydrogen-bond acceptors (Lipinski definition) is 2. The highest BCUT2D eigenvalue weighted by molar-refractivity contribution is 7.71. The molecule has 1 aromatic heterocycles. The quantitative estimate of drug-likeness (QED) is 0.708. The average Bonchev–Trinajstić information content (AvgIpc) is 2.46. The summed E-state index contributed by atoms with van der Waals surface area (Å²) in [6.07, 6.45) is 1.85. The third-order valence-corrected chi connectivity index (χ3v) is 3.33. The summed E-state index contributed by atoms with van der Waals surface area (Å²) in [6.45, 7) is 0.569. The van der Waals surface area contributed by atoms with Crippen LogP contribution >= 0.6 is 12.2 Å². The van der Waals surface area contributed by atoms with Crippen molar-refractivity contribution in [2.45, 2.75) is 6.61 Å². The Morgan fingerprint density at radius 3 is 2.68 bits per heavy atom. The predicted molar refractivity (Wildman–Crippen MR) is 79.9 cm³/mol. The zero-order valence-electron chi connectivity index (χ0n) is 10.3. The number of rotatable bonds is 3. The normalized spacial score (nSPS) is 10.5. The fraction of sp³-hybridized carbons (Fsp3) is 0.0625. The Balaban J connectivity index is 1.84. The summed E-state index contributed by atoms with van der Waals surface area (Å²) in [6, 6.07) is 17.9. The Hall–Kier alpha value is -2.13. The lowest BCUT2D eigenvalue weighted by Crippen LogP contribution is -1.95. The van der Waals surface area contributed by atoms with E-state index in [2.05, 4.69) is 17.1 Å². The standard InChI is InChI=1S/C16H13NOS/c19-16-8-9-17-15-10-13(6-7-14(15)16)18-11-12-4-2-1-3-5-12/h1-10H,11H2,(H,17,19). The van der Waals surface area contributed by atoms with Gasteiger partial charge in [0.25, 0.3) is 0 Å². The molecule has 3 aromatic rings. The number of benzene rings is 2. The van der Waals surface area contributed by atoms with Gasteiger partial charge in [-0.15, -0.1) is 0 Å². The van der Waals surface area contributed by atoms with Crippen molar-refractivity contribution < 1.29 is 4.74 Å². The minimum absolute atomic E-state index is 0.569. The number of aromatic amines is 1. The van der Waals surface area contributed by atoms with Crippen molar-refractivity contribution >= 4 is 23.1 Å². The first-order valence-corrected chi connectivity index (χ1v) is 6.52. The molecular weight excluding hydrogens is 254 g/mol. The molecule has 0 saturated heterocycles. The molecule has 1 heterocycles. The van der Waals surface area contributed by atoms with Crippen LogP contribution in [0.3, 0.4) is 0 Å². The van der Waals surface area contributed by atoms with E-state index >= 15 is 0 Å². The summed E-state index contributed by atoms with van der Waals surface area (Å²) >= 11 is 5.28. The maximum atomic E-state index is 5.79. The van der Waals surface area contributed by atoms with Crippen LogP contribution in [0.15, 0.2) is 60.8 Å². The zero-order valence-corrected chi connectivity index (χ0v) is 11.1. The molecule has 0 amide bonds. The van der Waals surface area contributed by atoms with E-state index in [0.29, 0.717) is 6.61 Å². The van der Waals surface area contributed by atoms with E-state index in [1.807, 2.05) is 48.7 Å². The lowest BCUT2D eigenvalue weighted by molar-refractivity contribution is 0.306. The lowest BCUT2D eigenvalue weighted by Gasteiger charge is -2.07. The van der Waals surface area contributed by atoms with Gasteiger partial charge in [-0.25, -0.2) is 0 Å². The highest BCUT2D eigenvalue weighted by atomic mass is 32.1. The molecule has 94 valence electrons. The second kappa shape index (κ2) is 5.24. The van der Waals surface area contributed by atoms with Crippen LogP contribution in [0.4, 0.5) is 0 Å². The van der Waals surface area contributed by atoms with Crippen molar-refractivity contribution in [1.82, 2.24) is 4.98 Å². The van der Waals surface area contributed by atoms with E-state index in [9.17, 15) is 0 Å². The van der Waals surface area contributed by atoms with Crippen molar-refractivity contribution in [1.29, 1.82) is 0 Å². The molecule has 0 spiro atoms. The molecule has 2 aromatic carbocycles. The van der Waals surface area contributed by atoms with Crippen molar-refractivity contribution in [2.75, 3.05) is 0 Å². The molecule has 1 N–H and O–H groups in total. The highest BCUT2D eigenvalue weighted by Crippen LogP contribution is 2.20. The highest BCUT2D eigenvalue weighted by Gasteiger charge is 1.99. The number of nitrogens with one attached hydrogen (secondary N) is 1. The summed E-state index contributed by atoms with van der Waals surface area (Å²) < 4.78 is 6.64. The molecule has 0 unspecified atom stereocenters. The third-order valence-electron chi connectivity index (χ3n) is 2.98. The first-order chi connectivity index (χ1) is 9.33. The maximum Gasteiger partial charge on any atom is 0.121 e. The van der Waals surface area contributed by atoms with Gasteiger partial charge in [-0.2, -0.15) is 0 Å². The Bertz CT molecular complexity index is 749. The summed E-state index contributed by atoms with van der Waals surface area (Å²) in [5.41, 5.74) is 2.15. The smallest absolute Gasteiger partial charge is 0.121 e. The molecule has 0 aliphatic rings. The van der Waals surface area contributed by atoms with Crippen LogP contribution < -0.4 is 4.74 Å². The van der Waals surface area contributed by atoms with Crippen molar-refractivity contribution in [3.8, 4) is 5.75 Å². The predicted octanol–water partition coefficient (Wildman–Crippen LogP) is 4.48. The van der Waals surface area contributed by atoms with Gasteiger partial charge in [0.1, 0.15) is 12.4 Å². The third kappa shape index (κ3) is 2.66. The number of pyridine rings is 1. The van der Waals surface area contributed by atoms with Crippen LogP contribution in [0.1, 0.15) is 5.56 Å². The van der Waals surface area contributed by atoms with Crippen LogP contribution in [0.2, 0.25) is 0 Å². The molecule has 19 heavy (non-hydrogen) atoms. The van der Waals surface area contributed by atoms with Crippen LogP contribution in [0.5, 0.6) is 5.75 Å². The molecular formula is C16H13NOS. The summed E-state index contributed by atoms with van der Waals surface area (Å²) in [4.78, 5) is 3.18. The van der Waals surface area contributed by atoms with Gasteiger partial charge in [-0.3, -0.25) is 0 Å². The molecule has 0 saturated carbocycles. The van der Waals surface area contributed by atoms with Crippen LogP contribution in [0, 0.1) is 4.51 Å². The van der Waals surface area contributed by atoms with Crippen LogP contribution in [-0.4, -0.2) is 4.98 Å². The van der Waals surface area contributed by atoms with Crippen LogP contribution in [-0.2, 0) is 6.61 Å². The lowest BCUT2D eigenvalue weighted by atomic mass is 10.2. The Morgan fingerprint density at radius 1 is 1.00 bits per heavy atom. The van der Waals surface area contributed by atoms with Gasteiger partial charge in [-0.05, 0) is 23.8 Å². The first-order valence-electron chi connectivity index (χ1n) is 6.11. The summed E-state index contributed by atoms with van der Waals surface area (Å²) in [5, 5.41) is 1.05. The molecule has 2 nitrogen and oxygen atoms in total. The van der Waals surface area contributed by atoms with Crippen LogP contribution in [0.25, 0.3) is 10.9 Å². The molecule has 0 fully saturated rings. The molecule has 3 rings (SSSR count). The fourth-order valence-corrected chi connectivity index (χ4v) is 2.23. The maximum absolute atomic E-state index is 5.79. The Labute approximate surface area is 116 Å². The number of fused-ring (bicyclic) bond motifs is 1. The van der Waals surface area contributed by atoms with Crippen molar-refractivity contribution in [2.24, 2.45) is 0 Å². The van der Waals surface area contributed by atoms with E-state index in [0.717, 1.165) is 26.7 Å². The minimum atomic E-state index is 0.569. The summed E-state index contributed by atoms with van der Waals surface area (Å²) in [7, 11) is 0. The minimum Gasteiger partial charge on any atom is -0.489 e. The molecule has 0 atom stereocenters. The average molecular weight is 267 g/mol. The van der Waals surface area contributed by atoms with Crippen molar-refractivity contribution in [3.63, 3.8) is 0 Å². The van der Waals surface area contributed by atoms with Gasteiger partial charge < -0.3 is 9.72 Å². The number of ether oxygens (including phenoxy) is 1. The Morgan fingerprint density at radius 2 is 1.84 bits per heavy atom. The van der Waals surface area contributed by atoms with Gasteiger partial charge in [-0.1, -0.05) is 42.5 Å². The van der Waals surface area contributed by atoms with E-state index in [1.54, 1.807) is 0 Å².